The number of fused-ring (bicyclic) bond motifs is 1. The molecule has 1 aromatic carbocycles. The second-order valence-electron chi connectivity index (χ2n) is 9.41. The topological polar surface area (TPSA) is 54.9 Å². The van der Waals surface area contributed by atoms with Gasteiger partial charge in [0.1, 0.15) is 16.2 Å². The van der Waals surface area contributed by atoms with Crippen molar-refractivity contribution in [3.05, 3.63) is 42.7 Å². The molecule has 4 aliphatic carbocycles. The van der Waals surface area contributed by atoms with E-state index in [1.165, 1.54) is 60.7 Å². The van der Waals surface area contributed by atoms with Gasteiger partial charge in [0.25, 0.3) is 0 Å². The smallest absolute Gasteiger partial charge is 0.230 e. The first-order valence-electron chi connectivity index (χ1n) is 10.9. The van der Waals surface area contributed by atoms with E-state index in [9.17, 15) is 4.79 Å². The van der Waals surface area contributed by atoms with Gasteiger partial charge in [-0.05, 0) is 67.9 Å². The van der Waals surface area contributed by atoms with Crippen LogP contribution in [0.4, 0.5) is 0 Å². The van der Waals surface area contributed by atoms with E-state index in [1.54, 1.807) is 17.7 Å². The molecule has 30 heavy (non-hydrogen) atoms. The molecule has 154 valence electrons. The predicted octanol–water partition coefficient (Wildman–Crippen LogP) is 5.54. The molecule has 4 bridgehead atoms. The minimum Gasteiger partial charge on any atom is -0.350 e. The number of nitrogens with one attached hydrogen (secondary N) is 1. The van der Waals surface area contributed by atoms with Crippen LogP contribution < -0.4 is 5.32 Å². The number of nitrogens with zero attached hydrogens (tertiary/aromatic N) is 2. The van der Waals surface area contributed by atoms with Gasteiger partial charge in [0.2, 0.25) is 5.91 Å². The Morgan fingerprint density at radius 1 is 1.07 bits per heavy atom. The van der Waals surface area contributed by atoms with Crippen molar-refractivity contribution >= 4 is 39.2 Å². The molecule has 4 nitrogen and oxygen atoms in total. The van der Waals surface area contributed by atoms with Gasteiger partial charge in [0.15, 0.2) is 0 Å². The van der Waals surface area contributed by atoms with E-state index in [1.807, 2.05) is 6.07 Å². The van der Waals surface area contributed by atoms with Crippen molar-refractivity contribution in [2.24, 2.45) is 17.8 Å². The summed E-state index contributed by atoms with van der Waals surface area (Å²) in [5, 5.41) is 5.43. The lowest BCUT2D eigenvalue weighted by atomic mass is 9.53. The molecule has 0 atom stereocenters. The summed E-state index contributed by atoms with van der Waals surface area (Å²) in [7, 11) is 0. The number of amides is 1. The van der Waals surface area contributed by atoms with Crippen LogP contribution in [-0.4, -0.2) is 27.2 Å². The quantitative estimate of drug-likeness (QED) is 0.423. The summed E-state index contributed by atoms with van der Waals surface area (Å²) in [5.41, 5.74) is 1.27. The van der Waals surface area contributed by atoms with Gasteiger partial charge in [-0.15, -0.1) is 11.3 Å². The van der Waals surface area contributed by atoms with Crippen LogP contribution in [0.2, 0.25) is 0 Å². The van der Waals surface area contributed by atoms with Crippen LogP contribution in [0.25, 0.3) is 20.7 Å². The summed E-state index contributed by atoms with van der Waals surface area (Å²) in [6.45, 7) is 0. The summed E-state index contributed by atoms with van der Waals surface area (Å²) in [6, 6.07) is 12.5. The van der Waals surface area contributed by atoms with Gasteiger partial charge < -0.3 is 5.32 Å². The number of rotatable bonds is 5. The van der Waals surface area contributed by atoms with Crippen LogP contribution >= 0.6 is 23.1 Å². The Morgan fingerprint density at radius 2 is 1.77 bits per heavy atom. The van der Waals surface area contributed by atoms with E-state index in [2.05, 4.69) is 45.6 Å². The monoisotopic (exact) mass is 435 g/mol. The average molecular weight is 436 g/mol. The Morgan fingerprint density at radius 3 is 2.47 bits per heavy atom. The zero-order valence-electron chi connectivity index (χ0n) is 16.8. The van der Waals surface area contributed by atoms with Gasteiger partial charge >= 0.3 is 0 Å². The first-order valence-corrected chi connectivity index (χ1v) is 12.7. The highest BCUT2D eigenvalue weighted by Crippen LogP contribution is 2.55. The molecular weight excluding hydrogens is 410 g/mol. The molecule has 3 aromatic rings. The Kier molecular flexibility index (Phi) is 4.61. The van der Waals surface area contributed by atoms with Crippen LogP contribution in [-0.2, 0) is 4.79 Å². The fraction of sp³-hybridized carbons (Fsp3) is 0.458. The molecular formula is C24H25N3OS2. The van der Waals surface area contributed by atoms with Gasteiger partial charge in [-0.2, -0.15) is 0 Å². The lowest BCUT2D eigenvalue weighted by molar-refractivity contribution is -0.124. The molecule has 1 N–H and O–H groups in total. The van der Waals surface area contributed by atoms with Gasteiger partial charge in [0.05, 0.1) is 5.75 Å². The van der Waals surface area contributed by atoms with Crippen LogP contribution in [0.5, 0.6) is 0 Å². The predicted molar refractivity (Wildman–Crippen MR) is 123 cm³/mol. The zero-order chi connectivity index (χ0) is 20.1. The average Bonchev–Trinajstić information content (AvgIpc) is 3.16. The van der Waals surface area contributed by atoms with Crippen LogP contribution in [0.3, 0.4) is 0 Å². The first-order chi connectivity index (χ1) is 14.7. The number of hydrogen-bond acceptors (Lipinski definition) is 5. The Hall–Kier alpha value is -1.92. The van der Waals surface area contributed by atoms with Crippen molar-refractivity contribution in [2.45, 2.75) is 49.1 Å². The van der Waals surface area contributed by atoms with Crippen molar-refractivity contribution in [1.82, 2.24) is 15.3 Å². The standard InChI is InChI=1S/C24H25N3OS2/c28-21(27-24-10-15-6-16(11-24)8-17(7-15)12-24)13-29-22-19-9-20(18-4-2-1-3-5-18)30-23(19)26-14-25-22/h1-5,9,14-17H,6-8,10-13H2,(H,27,28). The van der Waals surface area contributed by atoms with Crippen molar-refractivity contribution in [1.29, 1.82) is 0 Å². The molecule has 4 aliphatic rings. The van der Waals surface area contributed by atoms with Crippen molar-refractivity contribution < 1.29 is 4.79 Å². The summed E-state index contributed by atoms with van der Waals surface area (Å²) in [6.07, 6.45) is 9.38. The van der Waals surface area contributed by atoms with Crippen molar-refractivity contribution in [2.75, 3.05) is 5.75 Å². The van der Waals surface area contributed by atoms with Crippen LogP contribution in [0.15, 0.2) is 47.8 Å². The minimum atomic E-state index is 0.0796. The van der Waals surface area contributed by atoms with E-state index >= 15 is 0 Å². The lowest BCUT2D eigenvalue weighted by Gasteiger charge is -2.56. The molecule has 0 saturated heterocycles. The third kappa shape index (κ3) is 3.44. The fourth-order valence-electron chi connectivity index (χ4n) is 6.42. The Bertz CT molecular complexity index is 1060. The molecule has 4 saturated carbocycles. The lowest BCUT2D eigenvalue weighted by Crippen LogP contribution is -2.60. The van der Waals surface area contributed by atoms with Gasteiger partial charge in [0, 0.05) is 15.8 Å². The minimum absolute atomic E-state index is 0.0796. The second-order valence-corrected chi connectivity index (χ2v) is 11.4. The maximum absolute atomic E-state index is 12.9. The van der Waals surface area contributed by atoms with Gasteiger partial charge in [-0.1, -0.05) is 42.1 Å². The molecule has 0 radical (unpaired) electrons. The number of thioether (sulfide) groups is 1. The number of aromatic nitrogens is 2. The SMILES string of the molecule is O=C(CSc1ncnc2sc(-c3ccccc3)cc12)NC12CC3CC(CC(C3)C1)C2. The maximum Gasteiger partial charge on any atom is 0.230 e. The Labute approximate surface area is 184 Å². The van der Waals surface area contributed by atoms with E-state index in [4.69, 9.17) is 0 Å². The fourth-order valence-corrected chi connectivity index (χ4v) is 8.26. The van der Waals surface area contributed by atoms with Gasteiger partial charge in [-0.25, -0.2) is 9.97 Å². The van der Waals surface area contributed by atoms with Crippen LogP contribution in [0.1, 0.15) is 38.5 Å². The molecule has 4 fully saturated rings. The van der Waals surface area contributed by atoms with E-state index in [0.29, 0.717) is 5.75 Å². The van der Waals surface area contributed by atoms with Gasteiger partial charge in [-0.3, -0.25) is 4.79 Å². The number of carbonyl (C=O) groups excluding carboxylic acids is 1. The number of thiophene rings is 1. The highest BCUT2D eigenvalue weighted by Gasteiger charge is 2.51. The second kappa shape index (κ2) is 7.34. The summed E-state index contributed by atoms with van der Waals surface area (Å²) >= 11 is 3.22. The molecule has 0 spiro atoms. The molecule has 0 unspecified atom stereocenters. The Balaban J connectivity index is 1.17. The highest BCUT2D eigenvalue weighted by molar-refractivity contribution is 8.00. The molecule has 0 aliphatic heterocycles. The third-order valence-corrected chi connectivity index (χ3v) is 9.23. The number of hydrogen-bond donors (Lipinski definition) is 1. The number of benzene rings is 1. The molecule has 1 amide bonds. The normalized spacial score (nSPS) is 29.4. The molecule has 2 heterocycles. The number of carbonyl (C=O) groups is 1. The maximum atomic E-state index is 12.9. The van der Waals surface area contributed by atoms with E-state index in [-0.39, 0.29) is 11.4 Å². The third-order valence-electron chi connectivity index (χ3n) is 7.13. The van der Waals surface area contributed by atoms with Crippen LogP contribution in [0, 0.1) is 17.8 Å². The van der Waals surface area contributed by atoms with Crippen molar-refractivity contribution in [3.63, 3.8) is 0 Å². The van der Waals surface area contributed by atoms with E-state index in [0.717, 1.165) is 33.0 Å². The summed E-state index contributed by atoms with van der Waals surface area (Å²) in [4.78, 5) is 24.0. The molecule has 6 heteroatoms. The largest absolute Gasteiger partial charge is 0.350 e. The molecule has 2 aromatic heterocycles. The first kappa shape index (κ1) is 18.8. The summed E-state index contributed by atoms with van der Waals surface area (Å²) in [5.74, 6) is 3.10. The van der Waals surface area contributed by atoms with Crippen molar-refractivity contribution in [3.8, 4) is 10.4 Å². The molecule has 7 rings (SSSR count). The highest BCUT2D eigenvalue weighted by atomic mass is 32.2. The summed E-state index contributed by atoms with van der Waals surface area (Å²) < 4.78 is 0. The van der Waals surface area contributed by atoms with E-state index < -0.39 is 0 Å². The zero-order valence-corrected chi connectivity index (χ0v) is 18.5.